The van der Waals surface area contributed by atoms with Crippen LogP contribution in [0.25, 0.3) is 11.1 Å². The number of fused-ring (bicyclic) bond motifs is 1. The fourth-order valence-corrected chi connectivity index (χ4v) is 3.61. The minimum absolute atomic E-state index is 0.0515. The number of carbonyl (C=O) groups excluding carboxylic acids is 1. The summed E-state index contributed by atoms with van der Waals surface area (Å²) < 4.78 is 7.22. The van der Waals surface area contributed by atoms with Gasteiger partial charge in [-0.05, 0) is 25.5 Å². The number of benzene rings is 1. The summed E-state index contributed by atoms with van der Waals surface area (Å²) in [6, 6.07) is 5.79. The molecule has 1 atom stereocenters. The number of amides is 1. The molecule has 2 aromatic heterocycles. The lowest BCUT2D eigenvalue weighted by Gasteiger charge is -2.17. The molecule has 3 heterocycles. The third kappa shape index (κ3) is 3.01. The number of anilines is 1. The van der Waals surface area contributed by atoms with E-state index >= 15 is 0 Å². The molecular formula is C17H17Cl2N5O2. The fraction of sp³-hybridized carbons (Fsp3) is 0.353. The van der Waals surface area contributed by atoms with Crippen molar-refractivity contribution in [3.05, 3.63) is 39.6 Å². The van der Waals surface area contributed by atoms with E-state index in [1.54, 1.807) is 31.0 Å². The van der Waals surface area contributed by atoms with Crippen molar-refractivity contribution in [2.75, 3.05) is 18.4 Å². The van der Waals surface area contributed by atoms with Gasteiger partial charge in [0.1, 0.15) is 11.2 Å². The molecule has 9 heteroatoms. The molecule has 1 aliphatic heterocycles. The van der Waals surface area contributed by atoms with Crippen LogP contribution in [0.1, 0.15) is 22.6 Å². The topological polar surface area (TPSA) is 76.2 Å². The van der Waals surface area contributed by atoms with Crippen molar-refractivity contribution < 1.29 is 9.21 Å². The number of aryl methyl sites for hydroxylation is 2. The van der Waals surface area contributed by atoms with Crippen LogP contribution >= 0.6 is 23.2 Å². The molecule has 7 nitrogen and oxygen atoms in total. The SMILES string of the molecule is Cc1nn(C)c(C(=O)N2CC[C@@H](Nc3nc4ccc(Cl)cc4o3)C2)c1Cl. The van der Waals surface area contributed by atoms with Gasteiger partial charge in [0.2, 0.25) is 0 Å². The van der Waals surface area contributed by atoms with Crippen molar-refractivity contribution in [1.29, 1.82) is 0 Å². The average molecular weight is 394 g/mol. The molecule has 0 bridgehead atoms. The van der Waals surface area contributed by atoms with Crippen LogP contribution in [0, 0.1) is 6.92 Å². The Hall–Kier alpha value is -2.25. The minimum atomic E-state index is -0.119. The number of hydrogen-bond acceptors (Lipinski definition) is 5. The smallest absolute Gasteiger partial charge is 0.295 e. The molecular weight excluding hydrogens is 377 g/mol. The first-order valence-corrected chi connectivity index (χ1v) is 8.99. The van der Waals surface area contributed by atoms with E-state index in [0.29, 0.717) is 46.1 Å². The normalized spacial score (nSPS) is 17.2. The third-order valence-corrected chi connectivity index (χ3v) is 5.19. The number of oxazole rings is 1. The Labute approximate surface area is 159 Å². The van der Waals surface area contributed by atoms with E-state index in [2.05, 4.69) is 15.4 Å². The first-order chi connectivity index (χ1) is 12.4. The van der Waals surface area contributed by atoms with E-state index in [-0.39, 0.29) is 11.9 Å². The standard InChI is InChI=1S/C17H17Cl2N5O2/c1-9-14(19)15(23(2)22-9)16(25)24-6-5-11(8-24)20-17-21-12-4-3-10(18)7-13(12)26-17/h3-4,7,11H,5-6,8H2,1-2H3,(H,20,21)/t11-/m1/s1. The van der Waals surface area contributed by atoms with Crippen molar-refractivity contribution in [1.82, 2.24) is 19.7 Å². The molecule has 0 spiro atoms. The van der Waals surface area contributed by atoms with Gasteiger partial charge in [-0.2, -0.15) is 10.1 Å². The van der Waals surface area contributed by atoms with Crippen LogP contribution < -0.4 is 5.32 Å². The van der Waals surface area contributed by atoms with Crippen molar-refractivity contribution in [3.8, 4) is 0 Å². The van der Waals surface area contributed by atoms with Crippen molar-refractivity contribution in [3.63, 3.8) is 0 Å². The van der Waals surface area contributed by atoms with Gasteiger partial charge in [-0.25, -0.2) is 0 Å². The summed E-state index contributed by atoms with van der Waals surface area (Å²) in [5.41, 5.74) is 2.43. The van der Waals surface area contributed by atoms with Crippen molar-refractivity contribution in [2.24, 2.45) is 7.05 Å². The number of nitrogens with zero attached hydrogens (tertiary/aromatic N) is 4. The van der Waals surface area contributed by atoms with Gasteiger partial charge in [0.05, 0.1) is 10.7 Å². The molecule has 26 heavy (non-hydrogen) atoms. The highest BCUT2D eigenvalue weighted by molar-refractivity contribution is 6.34. The van der Waals surface area contributed by atoms with Gasteiger partial charge in [-0.3, -0.25) is 9.48 Å². The van der Waals surface area contributed by atoms with Gasteiger partial charge in [-0.1, -0.05) is 23.2 Å². The summed E-state index contributed by atoms with van der Waals surface area (Å²) in [4.78, 5) is 18.9. The monoisotopic (exact) mass is 393 g/mol. The lowest BCUT2D eigenvalue weighted by atomic mass is 10.3. The van der Waals surface area contributed by atoms with Gasteiger partial charge >= 0.3 is 0 Å². The zero-order valence-corrected chi connectivity index (χ0v) is 15.8. The van der Waals surface area contributed by atoms with Crippen LogP contribution in [-0.4, -0.2) is 44.7 Å². The molecule has 1 amide bonds. The lowest BCUT2D eigenvalue weighted by Crippen LogP contribution is -2.33. The summed E-state index contributed by atoms with van der Waals surface area (Å²) in [5.74, 6) is -0.119. The van der Waals surface area contributed by atoms with Gasteiger partial charge in [0.25, 0.3) is 11.9 Å². The number of likely N-dealkylation sites (tertiary alicyclic amines) is 1. The first-order valence-electron chi connectivity index (χ1n) is 8.23. The van der Waals surface area contributed by atoms with Crippen LogP contribution in [0.3, 0.4) is 0 Å². The van der Waals surface area contributed by atoms with Crippen LogP contribution in [-0.2, 0) is 7.05 Å². The van der Waals surface area contributed by atoms with Crippen molar-refractivity contribution >= 4 is 46.2 Å². The molecule has 0 radical (unpaired) electrons. The summed E-state index contributed by atoms with van der Waals surface area (Å²) in [7, 11) is 1.72. The van der Waals surface area contributed by atoms with Crippen LogP contribution in [0.15, 0.2) is 22.6 Å². The Morgan fingerprint density at radius 3 is 2.92 bits per heavy atom. The number of aromatic nitrogens is 3. The van der Waals surface area contributed by atoms with E-state index in [1.807, 2.05) is 6.07 Å². The second kappa shape index (κ2) is 6.48. The average Bonchev–Trinajstić information content (AvgIpc) is 3.26. The third-order valence-electron chi connectivity index (χ3n) is 4.51. The number of rotatable bonds is 3. The Kier molecular flexibility index (Phi) is 4.28. The van der Waals surface area contributed by atoms with Gasteiger partial charge in [-0.15, -0.1) is 0 Å². The maximum absolute atomic E-state index is 12.8. The zero-order valence-electron chi connectivity index (χ0n) is 14.3. The van der Waals surface area contributed by atoms with Crippen LogP contribution in [0.4, 0.5) is 6.01 Å². The molecule has 4 rings (SSSR count). The first kappa shape index (κ1) is 17.2. The predicted molar refractivity (Wildman–Crippen MR) is 99.9 cm³/mol. The number of nitrogens with one attached hydrogen (secondary N) is 1. The van der Waals surface area contributed by atoms with Crippen LogP contribution in [0.5, 0.6) is 0 Å². The summed E-state index contributed by atoms with van der Waals surface area (Å²) in [5, 5.41) is 8.46. The second-order valence-electron chi connectivity index (χ2n) is 6.38. The molecule has 1 aliphatic rings. The second-order valence-corrected chi connectivity index (χ2v) is 7.20. The highest BCUT2D eigenvalue weighted by Crippen LogP contribution is 2.26. The van der Waals surface area contributed by atoms with E-state index < -0.39 is 0 Å². The van der Waals surface area contributed by atoms with Gasteiger partial charge in [0.15, 0.2) is 5.58 Å². The van der Waals surface area contributed by atoms with Gasteiger partial charge in [0, 0.05) is 37.3 Å². The summed E-state index contributed by atoms with van der Waals surface area (Å²) in [6.07, 6.45) is 0.791. The highest BCUT2D eigenvalue weighted by atomic mass is 35.5. The Bertz CT molecular complexity index is 997. The molecule has 0 saturated carbocycles. The quantitative estimate of drug-likeness (QED) is 0.736. The zero-order chi connectivity index (χ0) is 18.4. The molecule has 0 unspecified atom stereocenters. The number of carbonyl (C=O) groups is 1. The van der Waals surface area contributed by atoms with E-state index in [4.69, 9.17) is 27.6 Å². The minimum Gasteiger partial charge on any atom is -0.423 e. The largest absolute Gasteiger partial charge is 0.423 e. The predicted octanol–water partition coefficient (Wildman–Crippen LogP) is 3.50. The molecule has 1 N–H and O–H groups in total. The maximum Gasteiger partial charge on any atom is 0.295 e. The summed E-state index contributed by atoms with van der Waals surface area (Å²) >= 11 is 12.2. The molecule has 3 aromatic rings. The molecule has 1 saturated heterocycles. The Morgan fingerprint density at radius 1 is 1.38 bits per heavy atom. The fourth-order valence-electron chi connectivity index (χ4n) is 3.21. The number of hydrogen-bond donors (Lipinski definition) is 1. The van der Waals surface area contributed by atoms with Gasteiger partial charge < -0.3 is 14.6 Å². The van der Waals surface area contributed by atoms with E-state index in [1.165, 1.54) is 4.68 Å². The van der Waals surface area contributed by atoms with E-state index in [9.17, 15) is 4.79 Å². The lowest BCUT2D eigenvalue weighted by molar-refractivity contribution is 0.0781. The Morgan fingerprint density at radius 2 is 2.19 bits per heavy atom. The number of halogens is 2. The van der Waals surface area contributed by atoms with E-state index in [0.717, 1.165) is 11.9 Å². The van der Waals surface area contributed by atoms with Crippen LogP contribution in [0.2, 0.25) is 10.0 Å². The Balaban J connectivity index is 1.47. The molecule has 1 fully saturated rings. The molecule has 1 aromatic carbocycles. The molecule has 136 valence electrons. The maximum atomic E-state index is 12.8. The van der Waals surface area contributed by atoms with Crippen molar-refractivity contribution in [2.45, 2.75) is 19.4 Å². The highest BCUT2D eigenvalue weighted by Gasteiger charge is 2.31. The molecule has 0 aliphatic carbocycles. The summed E-state index contributed by atoms with van der Waals surface area (Å²) in [6.45, 7) is 2.95.